The molecular formula is C14H24O. The average molecular weight is 208 g/mol. The first-order chi connectivity index (χ1) is 7.39. The zero-order chi connectivity index (χ0) is 10.8. The van der Waals surface area contributed by atoms with Crippen LogP contribution in [-0.4, -0.2) is 5.78 Å². The average Bonchev–Trinajstić information content (AvgIpc) is 2.24. The van der Waals surface area contributed by atoms with Crippen molar-refractivity contribution in [3.63, 3.8) is 0 Å². The fourth-order valence-corrected chi connectivity index (χ4v) is 2.07. The van der Waals surface area contributed by atoms with Crippen LogP contribution in [0.5, 0.6) is 0 Å². The van der Waals surface area contributed by atoms with E-state index >= 15 is 0 Å². The topological polar surface area (TPSA) is 17.1 Å². The summed E-state index contributed by atoms with van der Waals surface area (Å²) in [6.07, 6.45) is 17.3. The van der Waals surface area contributed by atoms with Crippen LogP contribution in [0.15, 0.2) is 12.2 Å². The molecule has 0 bridgehead atoms. The molecule has 86 valence electrons. The van der Waals surface area contributed by atoms with Gasteiger partial charge < -0.3 is 0 Å². The second-order valence-electron chi connectivity index (χ2n) is 4.56. The molecule has 0 saturated heterocycles. The molecule has 0 aromatic rings. The molecule has 0 unspecified atom stereocenters. The van der Waals surface area contributed by atoms with Gasteiger partial charge in [0.05, 0.1) is 0 Å². The number of allylic oxidation sites excluding steroid dienone is 2. The van der Waals surface area contributed by atoms with Gasteiger partial charge in [0.15, 0.2) is 0 Å². The third-order valence-electron chi connectivity index (χ3n) is 3.08. The minimum absolute atomic E-state index is 0.455. The number of hydrogen-bond acceptors (Lipinski definition) is 1. The highest BCUT2D eigenvalue weighted by molar-refractivity contribution is 5.78. The summed E-state index contributed by atoms with van der Waals surface area (Å²) in [4.78, 5) is 11.4. The van der Waals surface area contributed by atoms with Crippen LogP contribution in [0.3, 0.4) is 0 Å². The van der Waals surface area contributed by atoms with Gasteiger partial charge >= 0.3 is 0 Å². The smallest absolute Gasteiger partial charge is 0.133 e. The van der Waals surface area contributed by atoms with Crippen molar-refractivity contribution in [2.75, 3.05) is 0 Å². The van der Waals surface area contributed by atoms with Gasteiger partial charge in [-0.15, -0.1) is 0 Å². The fraction of sp³-hybridized carbons (Fsp3) is 0.786. The Balaban J connectivity index is 2.22. The summed E-state index contributed by atoms with van der Waals surface area (Å²) < 4.78 is 0. The lowest BCUT2D eigenvalue weighted by Crippen LogP contribution is -1.96. The van der Waals surface area contributed by atoms with Gasteiger partial charge in [0.1, 0.15) is 5.78 Å². The maximum atomic E-state index is 11.4. The molecule has 15 heavy (non-hydrogen) atoms. The van der Waals surface area contributed by atoms with Crippen LogP contribution in [0, 0.1) is 0 Å². The van der Waals surface area contributed by atoms with Gasteiger partial charge in [0.2, 0.25) is 0 Å². The lowest BCUT2D eigenvalue weighted by atomic mass is 10.0. The molecule has 0 saturated carbocycles. The van der Waals surface area contributed by atoms with Crippen LogP contribution >= 0.6 is 0 Å². The highest BCUT2D eigenvalue weighted by Crippen LogP contribution is 2.12. The van der Waals surface area contributed by atoms with Gasteiger partial charge in [0.25, 0.3) is 0 Å². The fourth-order valence-electron chi connectivity index (χ4n) is 2.07. The molecule has 0 radical (unpaired) electrons. The number of hydrogen-bond donors (Lipinski definition) is 0. The third-order valence-corrected chi connectivity index (χ3v) is 3.08. The van der Waals surface area contributed by atoms with Crippen molar-refractivity contribution < 1.29 is 4.79 Å². The number of rotatable bonds is 0. The molecule has 1 aliphatic rings. The zero-order valence-corrected chi connectivity index (χ0v) is 9.84. The first kappa shape index (κ1) is 12.5. The van der Waals surface area contributed by atoms with E-state index in [2.05, 4.69) is 12.2 Å². The van der Waals surface area contributed by atoms with Crippen LogP contribution in [0.1, 0.15) is 70.6 Å². The van der Waals surface area contributed by atoms with Crippen molar-refractivity contribution in [2.24, 2.45) is 0 Å². The Kier molecular flexibility index (Phi) is 7.24. The third kappa shape index (κ3) is 7.35. The largest absolute Gasteiger partial charge is 0.300 e. The SMILES string of the molecule is O=C1CC/C=C\CCCCCCCCC1. The predicted molar refractivity (Wildman–Crippen MR) is 64.9 cm³/mol. The Morgan fingerprint density at radius 2 is 1.27 bits per heavy atom. The van der Waals surface area contributed by atoms with Crippen molar-refractivity contribution in [3.05, 3.63) is 12.2 Å². The van der Waals surface area contributed by atoms with Crippen LogP contribution in [-0.2, 0) is 4.79 Å². The standard InChI is InChI=1S/C14H24O/c15-14-12-10-8-6-4-2-1-3-5-7-9-11-13-14/h6,8H,1-5,7,9-13H2/b8-6-. The van der Waals surface area contributed by atoms with E-state index in [9.17, 15) is 4.79 Å². The van der Waals surface area contributed by atoms with E-state index in [0.717, 1.165) is 25.7 Å². The highest BCUT2D eigenvalue weighted by atomic mass is 16.1. The number of ketones is 1. The Bertz CT molecular complexity index is 194. The van der Waals surface area contributed by atoms with Crippen molar-refractivity contribution in [3.8, 4) is 0 Å². The van der Waals surface area contributed by atoms with E-state index < -0.39 is 0 Å². The Morgan fingerprint density at radius 1 is 0.667 bits per heavy atom. The van der Waals surface area contributed by atoms with Crippen molar-refractivity contribution in [1.29, 1.82) is 0 Å². The second-order valence-corrected chi connectivity index (χ2v) is 4.56. The minimum Gasteiger partial charge on any atom is -0.300 e. The van der Waals surface area contributed by atoms with Crippen molar-refractivity contribution in [2.45, 2.75) is 70.6 Å². The van der Waals surface area contributed by atoms with Gasteiger partial charge in [0, 0.05) is 12.8 Å². The summed E-state index contributed by atoms with van der Waals surface area (Å²) >= 11 is 0. The van der Waals surface area contributed by atoms with E-state index in [0.29, 0.717) is 5.78 Å². The van der Waals surface area contributed by atoms with Crippen LogP contribution in [0.4, 0.5) is 0 Å². The Hall–Kier alpha value is -0.590. The molecule has 1 heteroatoms. The molecule has 1 aliphatic carbocycles. The molecule has 1 rings (SSSR count). The molecule has 0 N–H and O–H groups in total. The first-order valence-electron chi connectivity index (χ1n) is 6.56. The summed E-state index contributed by atoms with van der Waals surface area (Å²) in [7, 11) is 0. The molecule has 0 fully saturated rings. The molecule has 0 amide bonds. The summed E-state index contributed by atoms with van der Waals surface area (Å²) in [5.41, 5.74) is 0. The molecule has 0 spiro atoms. The maximum absolute atomic E-state index is 11.4. The van der Waals surface area contributed by atoms with Crippen LogP contribution in [0.2, 0.25) is 0 Å². The van der Waals surface area contributed by atoms with E-state index in [1.165, 1.54) is 44.9 Å². The van der Waals surface area contributed by atoms with Gasteiger partial charge in [-0.2, -0.15) is 0 Å². The molecular weight excluding hydrogens is 184 g/mol. The molecule has 0 aromatic heterocycles. The number of carbonyl (C=O) groups excluding carboxylic acids is 1. The Labute approximate surface area is 93.9 Å². The van der Waals surface area contributed by atoms with Gasteiger partial charge in [-0.1, -0.05) is 44.3 Å². The van der Waals surface area contributed by atoms with Gasteiger partial charge in [-0.3, -0.25) is 4.79 Å². The van der Waals surface area contributed by atoms with Crippen molar-refractivity contribution in [1.82, 2.24) is 0 Å². The summed E-state index contributed by atoms with van der Waals surface area (Å²) in [6.45, 7) is 0. The lowest BCUT2D eigenvalue weighted by Gasteiger charge is -2.02. The molecule has 0 heterocycles. The monoisotopic (exact) mass is 208 g/mol. The minimum atomic E-state index is 0.455. The predicted octanol–water partition coefficient (Wildman–Crippen LogP) is 4.42. The first-order valence-corrected chi connectivity index (χ1v) is 6.56. The van der Waals surface area contributed by atoms with Gasteiger partial charge in [-0.05, 0) is 25.7 Å². The number of Topliss-reactive ketones (excluding diaryl/α,β-unsaturated/α-hetero) is 1. The molecule has 1 nitrogen and oxygen atoms in total. The van der Waals surface area contributed by atoms with E-state index in [1.54, 1.807) is 0 Å². The number of carbonyl (C=O) groups is 1. The van der Waals surface area contributed by atoms with Crippen molar-refractivity contribution >= 4 is 5.78 Å². The maximum Gasteiger partial charge on any atom is 0.133 e. The van der Waals surface area contributed by atoms with E-state index in [4.69, 9.17) is 0 Å². The zero-order valence-electron chi connectivity index (χ0n) is 9.84. The quantitative estimate of drug-likeness (QED) is 0.539. The summed E-state index contributed by atoms with van der Waals surface area (Å²) in [5.74, 6) is 0.455. The second kappa shape index (κ2) is 8.70. The van der Waals surface area contributed by atoms with Crippen LogP contribution in [0.25, 0.3) is 0 Å². The van der Waals surface area contributed by atoms with Gasteiger partial charge in [-0.25, -0.2) is 0 Å². The molecule has 0 aromatic carbocycles. The lowest BCUT2D eigenvalue weighted by molar-refractivity contribution is -0.119. The van der Waals surface area contributed by atoms with Crippen LogP contribution < -0.4 is 0 Å². The van der Waals surface area contributed by atoms with E-state index in [1.807, 2.05) is 0 Å². The van der Waals surface area contributed by atoms with E-state index in [-0.39, 0.29) is 0 Å². The highest BCUT2D eigenvalue weighted by Gasteiger charge is 2.00. The normalized spacial score (nSPS) is 24.4. The molecule has 0 atom stereocenters. The summed E-state index contributed by atoms with van der Waals surface area (Å²) in [6, 6.07) is 0. The summed E-state index contributed by atoms with van der Waals surface area (Å²) in [5, 5.41) is 0. The Morgan fingerprint density at radius 3 is 2.07 bits per heavy atom. The molecule has 0 aliphatic heterocycles.